The maximum absolute atomic E-state index is 5.18. The summed E-state index contributed by atoms with van der Waals surface area (Å²) in [4.78, 5) is 0. The van der Waals surface area contributed by atoms with Crippen molar-refractivity contribution in [2.75, 3.05) is 20.3 Å². The Balaban J connectivity index is 1.87. The van der Waals surface area contributed by atoms with Crippen molar-refractivity contribution in [3.63, 3.8) is 0 Å². The number of ether oxygens (including phenoxy) is 1. The summed E-state index contributed by atoms with van der Waals surface area (Å²) < 4.78 is 5.18. The highest BCUT2D eigenvalue weighted by Gasteiger charge is 2.27. The predicted octanol–water partition coefficient (Wildman–Crippen LogP) is 2.73. The molecule has 2 heteroatoms. The molecule has 0 spiro atoms. The van der Waals surface area contributed by atoms with E-state index in [4.69, 9.17) is 4.74 Å². The molecule has 17 heavy (non-hydrogen) atoms. The Morgan fingerprint density at radius 3 is 2.94 bits per heavy atom. The molecule has 0 radical (unpaired) electrons. The van der Waals surface area contributed by atoms with Gasteiger partial charge in [-0.3, -0.25) is 0 Å². The van der Waals surface area contributed by atoms with E-state index < -0.39 is 0 Å². The molecule has 2 rings (SSSR count). The van der Waals surface area contributed by atoms with Gasteiger partial charge in [0.05, 0.1) is 0 Å². The predicted molar refractivity (Wildman–Crippen MR) is 71.5 cm³/mol. The summed E-state index contributed by atoms with van der Waals surface area (Å²) in [5.41, 5.74) is 3.10. The number of fused-ring (bicyclic) bond motifs is 1. The number of benzene rings is 1. The van der Waals surface area contributed by atoms with E-state index in [1.54, 1.807) is 18.2 Å². The first kappa shape index (κ1) is 12.6. The van der Waals surface area contributed by atoms with Crippen molar-refractivity contribution in [1.82, 2.24) is 5.32 Å². The van der Waals surface area contributed by atoms with Crippen LogP contribution in [0.25, 0.3) is 0 Å². The number of hydrogen-bond donors (Lipinski definition) is 1. The molecule has 1 N–H and O–H groups in total. The molecule has 0 amide bonds. The van der Waals surface area contributed by atoms with Crippen molar-refractivity contribution in [2.24, 2.45) is 0 Å². The van der Waals surface area contributed by atoms with Crippen LogP contribution in [0.4, 0.5) is 0 Å². The van der Waals surface area contributed by atoms with E-state index in [1.165, 1.54) is 12.8 Å². The summed E-state index contributed by atoms with van der Waals surface area (Å²) in [5.74, 6) is 0.757. The van der Waals surface area contributed by atoms with Crippen LogP contribution in [0.15, 0.2) is 24.3 Å². The van der Waals surface area contributed by atoms with Gasteiger partial charge in [-0.15, -0.1) is 0 Å². The Morgan fingerprint density at radius 2 is 2.24 bits per heavy atom. The van der Waals surface area contributed by atoms with E-state index in [1.807, 2.05) is 0 Å². The molecule has 1 aliphatic rings. The molecule has 0 heterocycles. The summed E-state index contributed by atoms with van der Waals surface area (Å²) in [7, 11) is 1.78. The highest BCUT2D eigenvalue weighted by atomic mass is 16.5. The highest BCUT2D eigenvalue weighted by Crippen LogP contribution is 2.38. The average Bonchev–Trinajstić information content (AvgIpc) is 2.33. The van der Waals surface area contributed by atoms with Crippen LogP contribution in [0.5, 0.6) is 0 Å². The summed E-state index contributed by atoms with van der Waals surface area (Å²) in [5, 5.41) is 3.57. The molecule has 0 bridgehead atoms. The summed E-state index contributed by atoms with van der Waals surface area (Å²) in [6, 6.07) is 9.43. The standard InChI is InChI=1S/C15H23NO/c1-3-16-14(8-9-17-2)11-13-10-12-6-4-5-7-15(12)13/h4-7,13-14,16H,3,8-11H2,1-2H3. The van der Waals surface area contributed by atoms with E-state index in [0.717, 1.165) is 25.5 Å². The van der Waals surface area contributed by atoms with Gasteiger partial charge in [0.15, 0.2) is 0 Å². The second-order valence-electron chi connectivity index (χ2n) is 4.87. The van der Waals surface area contributed by atoms with Gasteiger partial charge < -0.3 is 10.1 Å². The lowest BCUT2D eigenvalue weighted by Crippen LogP contribution is -2.34. The van der Waals surface area contributed by atoms with Crippen LogP contribution in [0, 0.1) is 0 Å². The molecule has 0 aromatic heterocycles. The minimum atomic E-state index is 0.596. The van der Waals surface area contributed by atoms with Crippen molar-refractivity contribution in [3.8, 4) is 0 Å². The second-order valence-corrected chi connectivity index (χ2v) is 4.87. The van der Waals surface area contributed by atoms with Crippen LogP contribution >= 0.6 is 0 Å². The van der Waals surface area contributed by atoms with E-state index in [-0.39, 0.29) is 0 Å². The highest BCUT2D eigenvalue weighted by molar-refractivity contribution is 5.39. The lowest BCUT2D eigenvalue weighted by Gasteiger charge is -2.33. The van der Waals surface area contributed by atoms with Crippen LogP contribution in [0.2, 0.25) is 0 Å². The van der Waals surface area contributed by atoms with Gasteiger partial charge in [0.25, 0.3) is 0 Å². The van der Waals surface area contributed by atoms with Crippen molar-refractivity contribution in [2.45, 2.75) is 38.1 Å². The molecular weight excluding hydrogens is 210 g/mol. The lowest BCUT2D eigenvalue weighted by molar-refractivity contribution is 0.179. The third-order valence-electron chi connectivity index (χ3n) is 3.69. The summed E-state index contributed by atoms with van der Waals surface area (Å²) in [6.07, 6.45) is 3.61. The Hall–Kier alpha value is -0.860. The van der Waals surface area contributed by atoms with Crippen LogP contribution in [-0.4, -0.2) is 26.3 Å². The van der Waals surface area contributed by atoms with Crippen LogP contribution < -0.4 is 5.32 Å². The first-order chi connectivity index (χ1) is 8.35. The Morgan fingerprint density at radius 1 is 1.41 bits per heavy atom. The third-order valence-corrected chi connectivity index (χ3v) is 3.69. The van der Waals surface area contributed by atoms with E-state index in [2.05, 4.69) is 36.5 Å². The van der Waals surface area contributed by atoms with Gasteiger partial charge in [0.2, 0.25) is 0 Å². The number of methoxy groups -OCH3 is 1. The molecule has 1 aliphatic carbocycles. The van der Waals surface area contributed by atoms with Crippen molar-refractivity contribution in [1.29, 1.82) is 0 Å². The number of hydrogen-bond acceptors (Lipinski definition) is 2. The van der Waals surface area contributed by atoms with Gasteiger partial charge in [-0.25, -0.2) is 0 Å². The maximum atomic E-state index is 5.18. The van der Waals surface area contributed by atoms with Gasteiger partial charge in [0.1, 0.15) is 0 Å². The number of rotatable bonds is 7. The third kappa shape index (κ3) is 3.08. The fourth-order valence-electron chi connectivity index (χ4n) is 2.77. The van der Waals surface area contributed by atoms with Crippen LogP contribution in [0.3, 0.4) is 0 Å². The Labute approximate surface area is 104 Å². The zero-order valence-electron chi connectivity index (χ0n) is 10.9. The van der Waals surface area contributed by atoms with Gasteiger partial charge >= 0.3 is 0 Å². The molecular formula is C15H23NO. The molecule has 1 aromatic carbocycles. The minimum absolute atomic E-state index is 0.596. The zero-order valence-corrected chi connectivity index (χ0v) is 10.9. The molecule has 0 saturated heterocycles. The van der Waals surface area contributed by atoms with Crippen molar-refractivity contribution >= 4 is 0 Å². The van der Waals surface area contributed by atoms with Gasteiger partial charge in [-0.2, -0.15) is 0 Å². The lowest BCUT2D eigenvalue weighted by atomic mass is 9.74. The molecule has 1 aromatic rings. The first-order valence-electron chi connectivity index (χ1n) is 6.65. The van der Waals surface area contributed by atoms with Gasteiger partial charge in [0, 0.05) is 19.8 Å². The molecule has 0 aliphatic heterocycles. The van der Waals surface area contributed by atoms with Crippen LogP contribution in [-0.2, 0) is 11.2 Å². The molecule has 2 atom stereocenters. The fraction of sp³-hybridized carbons (Fsp3) is 0.600. The molecule has 2 unspecified atom stereocenters. The minimum Gasteiger partial charge on any atom is -0.385 e. The maximum Gasteiger partial charge on any atom is 0.0477 e. The smallest absolute Gasteiger partial charge is 0.0477 e. The topological polar surface area (TPSA) is 21.3 Å². The van der Waals surface area contributed by atoms with E-state index in [9.17, 15) is 0 Å². The average molecular weight is 233 g/mol. The SMILES string of the molecule is CCNC(CCOC)CC1Cc2ccccc21. The van der Waals surface area contributed by atoms with E-state index >= 15 is 0 Å². The number of nitrogens with one attached hydrogen (secondary N) is 1. The van der Waals surface area contributed by atoms with Crippen LogP contribution in [0.1, 0.15) is 36.8 Å². The van der Waals surface area contributed by atoms with Crippen molar-refractivity contribution < 1.29 is 4.74 Å². The first-order valence-corrected chi connectivity index (χ1v) is 6.65. The molecule has 0 saturated carbocycles. The molecule has 94 valence electrons. The van der Waals surface area contributed by atoms with E-state index in [0.29, 0.717) is 6.04 Å². The van der Waals surface area contributed by atoms with Crippen molar-refractivity contribution in [3.05, 3.63) is 35.4 Å². The Bertz CT molecular complexity index is 351. The second kappa shape index (κ2) is 6.18. The van der Waals surface area contributed by atoms with Gasteiger partial charge in [-0.05, 0) is 42.9 Å². The van der Waals surface area contributed by atoms with Gasteiger partial charge in [-0.1, -0.05) is 31.2 Å². The Kier molecular flexibility index (Phi) is 4.57. The summed E-state index contributed by atoms with van der Waals surface area (Å²) in [6.45, 7) is 4.07. The molecule has 0 fully saturated rings. The zero-order chi connectivity index (χ0) is 12.1. The monoisotopic (exact) mass is 233 g/mol. The normalized spacial score (nSPS) is 19.5. The fourth-order valence-corrected chi connectivity index (χ4v) is 2.77. The quantitative estimate of drug-likeness (QED) is 0.782. The summed E-state index contributed by atoms with van der Waals surface area (Å²) >= 11 is 0. The largest absolute Gasteiger partial charge is 0.385 e. The molecule has 2 nitrogen and oxygen atoms in total.